The lowest BCUT2D eigenvalue weighted by Gasteiger charge is -2.41. The van der Waals surface area contributed by atoms with E-state index in [0.717, 1.165) is 44.6 Å². The van der Waals surface area contributed by atoms with Crippen LogP contribution in [0, 0.1) is 5.92 Å². The van der Waals surface area contributed by atoms with Crippen molar-refractivity contribution in [2.75, 3.05) is 39.3 Å². The molecule has 0 aromatic heterocycles. The van der Waals surface area contributed by atoms with E-state index in [1.54, 1.807) is 4.90 Å². The van der Waals surface area contributed by atoms with Crippen molar-refractivity contribution < 1.29 is 19.4 Å². The Balaban J connectivity index is 1.38. The number of nitrogens with zero attached hydrogens (tertiary/aromatic N) is 3. The summed E-state index contributed by atoms with van der Waals surface area (Å²) in [5, 5.41) is 9.12. The quantitative estimate of drug-likeness (QED) is 0.876. The van der Waals surface area contributed by atoms with E-state index in [-0.39, 0.29) is 12.1 Å². The van der Waals surface area contributed by atoms with Crippen LogP contribution in [0.25, 0.3) is 0 Å². The van der Waals surface area contributed by atoms with Crippen molar-refractivity contribution in [1.29, 1.82) is 0 Å². The molecule has 2 fully saturated rings. The van der Waals surface area contributed by atoms with Crippen molar-refractivity contribution >= 4 is 12.2 Å². The van der Waals surface area contributed by atoms with Crippen molar-refractivity contribution in [2.45, 2.75) is 32.4 Å². The molecule has 0 spiro atoms. The molecule has 7 heteroatoms. The second-order valence-electron chi connectivity index (χ2n) is 7.54. The highest BCUT2D eigenvalue weighted by Crippen LogP contribution is 2.21. The number of likely N-dealkylation sites (tertiary alicyclic amines) is 1. The predicted octanol–water partition coefficient (Wildman–Crippen LogP) is 2.72. The minimum Gasteiger partial charge on any atom is -0.465 e. The standard InChI is InChI=1S/C20H29N3O4/c1-16-13-23(19(24)25)12-11-22(16)14-17-7-9-21(10-8-17)20(26)27-15-18-5-3-2-4-6-18/h2-6,16-17H,7-15H2,1H3,(H,24,25)/t16-/m1/s1. The van der Waals surface area contributed by atoms with Gasteiger partial charge < -0.3 is 19.6 Å². The summed E-state index contributed by atoms with van der Waals surface area (Å²) in [7, 11) is 0. The maximum absolute atomic E-state index is 12.3. The summed E-state index contributed by atoms with van der Waals surface area (Å²) in [6.07, 6.45) is 0.864. The van der Waals surface area contributed by atoms with Gasteiger partial charge in [0.1, 0.15) is 6.61 Å². The number of ether oxygens (including phenoxy) is 1. The van der Waals surface area contributed by atoms with Gasteiger partial charge in [0.05, 0.1) is 0 Å². The van der Waals surface area contributed by atoms with E-state index in [1.165, 1.54) is 4.90 Å². The SMILES string of the molecule is C[C@@H]1CN(C(=O)O)CCN1CC1CCN(C(=O)OCc2ccccc2)CC1. The van der Waals surface area contributed by atoms with Crippen LogP contribution in [0.4, 0.5) is 9.59 Å². The fraction of sp³-hybridized carbons (Fsp3) is 0.600. The monoisotopic (exact) mass is 375 g/mol. The van der Waals surface area contributed by atoms with E-state index < -0.39 is 6.09 Å². The average Bonchev–Trinajstić information content (AvgIpc) is 2.69. The highest BCUT2D eigenvalue weighted by atomic mass is 16.6. The first-order valence-corrected chi connectivity index (χ1v) is 9.70. The Labute approximate surface area is 160 Å². The van der Waals surface area contributed by atoms with Gasteiger partial charge in [-0.05, 0) is 31.2 Å². The normalized spacial score (nSPS) is 21.9. The number of hydrogen-bond donors (Lipinski definition) is 1. The fourth-order valence-corrected chi connectivity index (χ4v) is 3.88. The third-order valence-electron chi connectivity index (χ3n) is 5.61. The van der Waals surface area contributed by atoms with E-state index in [0.29, 0.717) is 25.6 Å². The van der Waals surface area contributed by atoms with E-state index in [2.05, 4.69) is 11.8 Å². The van der Waals surface area contributed by atoms with Crippen molar-refractivity contribution in [3.05, 3.63) is 35.9 Å². The molecule has 27 heavy (non-hydrogen) atoms. The van der Waals surface area contributed by atoms with Gasteiger partial charge in [-0.15, -0.1) is 0 Å². The summed E-state index contributed by atoms with van der Waals surface area (Å²) in [5.41, 5.74) is 0.996. The maximum atomic E-state index is 12.3. The number of hydrogen-bond acceptors (Lipinski definition) is 4. The van der Waals surface area contributed by atoms with Gasteiger partial charge >= 0.3 is 12.2 Å². The number of carbonyl (C=O) groups is 2. The summed E-state index contributed by atoms with van der Waals surface area (Å²) in [6, 6.07) is 9.95. The summed E-state index contributed by atoms with van der Waals surface area (Å²) in [4.78, 5) is 29.0. The molecule has 0 saturated carbocycles. The Kier molecular flexibility index (Phi) is 6.55. The minimum absolute atomic E-state index is 0.235. The first-order valence-electron chi connectivity index (χ1n) is 9.70. The van der Waals surface area contributed by atoms with E-state index in [1.807, 2.05) is 30.3 Å². The first-order chi connectivity index (χ1) is 13.0. The molecule has 0 unspecified atom stereocenters. The van der Waals surface area contributed by atoms with Gasteiger partial charge in [0.25, 0.3) is 0 Å². The van der Waals surface area contributed by atoms with Gasteiger partial charge in [0.15, 0.2) is 0 Å². The van der Waals surface area contributed by atoms with Crippen molar-refractivity contribution in [3.63, 3.8) is 0 Å². The number of carbonyl (C=O) groups excluding carboxylic acids is 1. The first kappa shape index (κ1) is 19.5. The molecule has 1 N–H and O–H groups in total. The Morgan fingerprint density at radius 2 is 1.78 bits per heavy atom. The van der Waals surface area contributed by atoms with Crippen LogP contribution >= 0.6 is 0 Å². The van der Waals surface area contributed by atoms with Crippen molar-refractivity contribution in [1.82, 2.24) is 14.7 Å². The predicted molar refractivity (Wildman–Crippen MR) is 102 cm³/mol. The van der Waals surface area contributed by atoms with Crippen LogP contribution in [0.15, 0.2) is 30.3 Å². The Hall–Kier alpha value is -2.28. The summed E-state index contributed by atoms with van der Waals surface area (Å²) >= 11 is 0. The van der Waals surface area contributed by atoms with E-state index in [4.69, 9.17) is 9.84 Å². The zero-order valence-corrected chi connectivity index (χ0v) is 15.9. The second-order valence-corrected chi connectivity index (χ2v) is 7.54. The highest BCUT2D eigenvalue weighted by molar-refractivity contribution is 5.67. The fourth-order valence-electron chi connectivity index (χ4n) is 3.88. The third-order valence-corrected chi connectivity index (χ3v) is 5.61. The molecule has 7 nitrogen and oxygen atoms in total. The van der Waals surface area contributed by atoms with Gasteiger partial charge in [-0.25, -0.2) is 9.59 Å². The minimum atomic E-state index is -0.830. The zero-order valence-electron chi connectivity index (χ0n) is 15.9. The molecular formula is C20H29N3O4. The van der Waals surface area contributed by atoms with E-state index >= 15 is 0 Å². The molecule has 0 aliphatic carbocycles. The molecule has 2 aliphatic rings. The molecule has 1 atom stereocenters. The van der Waals surface area contributed by atoms with Gasteiger partial charge in [-0.2, -0.15) is 0 Å². The number of piperazine rings is 1. The van der Waals surface area contributed by atoms with Crippen LogP contribution in [0.1, 0.15) is 25.3 Å². The van der Waals surface area contributed by atoms with Gasteiger partial charge in [-0.3, -0.25) is 4.90 Å². The molecule has 3 rings (SSSR count). The molecular weight excluding hydrogens is 346 g/mol. The molecule has 0 bridgehead atoms. The van der Waals surface area contributed by atoms with Gasteiger partial charge in [-0.1, -0.05) is 30.3 Å². The number of piperidine rings is 1. The molecule has 148 valence electrons. The largest absolute Gasteiger partial charge is 0.465 e. The number of carboxylic acid groups (broad SMARTS) is 1. The second kappa shape index (κ2) is 9.08. The summed E-state index contributed by atoms with van der Waals surface area (Å²) in [5.74, 6) is 0.544. The van der Waals surface area contributed by atoms with Crippen LogP contribution in [-0.4, -0.2) is 77.3 Å². The van der Waals surface area contributed by atoms with Crippen LogP contribution in [0.2, 0.25) is 0 Å². The van der Waals surface area contributed by atoms with Crippen molar-refractivity contribution in [3.8, 4) is 0 Å². The highest BCUT2D eigenvalue weighted by Gasteiger charge is 2.30. The smallest absolute Gasteiger partial charge is 0.410 e. The molecule has 2 saturated heterocycles. The van der Waals surface area contributed by atoms with Crippen LogP contribution in [0.3, 0.4) is 0 Å². The van der Waals surface area contributed by atoms with Crippen LogP contribution < -0.4 is 0 Å². The Morgan fingerprint density at radius 3 is 2.41 bits per heavy atom. The topological polar surface area (TPSA) is 73.3 Å². The number of benzene rings is 1. The molecule has 2 amide bonds. The molecule has 1 aromatic carbocycles. The Morgan fingerprint density at radius 1 is 1.07 bits per heavy atom. The summed E-state index contributed by atoms with van der Waals surface area (Å²) in [6.45, 7) is 6.75. The average molecular weight is 375 g/mol. The lowest BCUT2D eigenvalue weighted by atomic mass is 9.95. The Bertz CT molecular complexity index is 631. The third kappa shape index (κ3) is 5.35. The molecule has 1 aromatic rings. The summed E-state index contributed by atoms with van der Waals surface area (Å²) < 4.78 is 5.42. The van der Waals surface area contributed by atoms with Gasteiger partial charge in [0, 0.05) is 45.3 Å². The molecule has 0 radical (unpaired) electrons. The van der Waals surface area contributed by atoms with Crippen LogP contribution in [0.5, 0.6) is 0 Å². The maximum Gasteiger partial charge on any atom is 0.410 e. The lowest BCUT2D eigenvalue weighted by Crippen LogP contribution is -2.54. The lowest BCUT2D eigenvalue weighted by molar-refractivity contribution is 0.0501. The molecule has 2 aliphatic heterocycles. The van der Waals surface area contributed by atoms with Gasteiger partial charge in [0.2, 0.25) is 0 Å². The van der Waals surface area contributed by atoms with Crippen LogP contribution in [-0.2, 0) is 11.3 Å². The van der Waals surface area contributed by atoms with Crippen molar-refractivity contribution in [2.24, 2.45) is 5.92 Å². The molecule has 2 heterocycles. The van der Waals surface area contributed by atoms with E-state index in [9.17, 15) is 9.59 Å². The number of rotatable bonds is 4. The number of amides is 2. The zero-order chi connectivity index (χ0) is 19.2.